The molecule has 1 aromatic heterocycles. The molecule has 1 unspecified atom stereocenters. The van der Waals surface area contributed by atoms with Crippen LogP contribution in [0.2, 0.25) is 0 Å². The molecule has 0 saturated heterocycles. The van der Waals surface area contributed by atoms with Crippen molar-refractivity contribution < 1.29 is 5.11 Å². The van der Waals surface area contributed by atoms with Crippen molar-refractivity contribution in [2.24, 2.45) is 7.05 Å². The number of hydrogen-bond donors (Lipinski definition) is 2. The van der Waals surface area contributed by atoms with E-state index in [1.165, 1.54) is 0 Å². The number of aromatic nitrogens is 2. The van der Waals surface area contributed by atoms with Crippen LogP contribution in [0.4, 0.5) is 0 Å². The summed E-state index contributed by atoms with van der Waals surface area (Å²) in [6.45, 7) is 3.14. The highest BCUT2D eigenvalue weighted by molar-refractivity contribution is 5.02. The fraction of sp³-hybridized carbons (Fsp3) is 0.625. The number of aliphatic hydroxyl groups excluding tert-OH is 1. The van der Waals surface area contributed by atoms with Crippen LogP contribution in [0.3, 0.4) is 0 Å². The maximum absolute atomic E-state index is 8.95. The Morgan fingerprint density at radius 2 is 2.50 bits per heavy atom. The summed E-state index contributed by atoms with van der Waals surface area (Å²) in [5.41, 5.74) is 1.14. The van der Waals surface area contributed by atoms with Crippen LogP contribution in [-0.2, 0) is 13.6 Å². The third-order valence-corrected chi connectivity index (χ3v) is 1.53. The summed E-state index contributed by atoms with van der Waals surface area (Å²) in [4.78, 5) is 0. The second-order valence-electron chi connectivity index (χ2n) is 3.00. The third kappa shape index (κ3) is 3.02. The summed E-state index contributed by atoms with van der Waals surface area (Å²) in [6, 6.07) is 0. The molecule has 0 amide bonds. The van der Waals surface area contributed by atoms with Gasteiger partial charge in [-0.3, -0.25) is 4.68 Å². The van der Waals surface area contributed by atoms with Gasteiger partial charge in [-0.2, -0.15) is 5.10 Å². The molecule has 0 radical (unpaired) electrons. The average Bonchev–Trinajstić information content (AvgIpc) is 2.35. The molecule has 0 aliphatic rings. The average molecular weight is 169 g/mol. The second kappa shape index (κ2) is 4.23. The SMILES string of the molecule is CC(O)CNCc1cnn(C)c1. The largest absolute Gasteiger partial charge is 0.392 e. The van der Waals surface area contributed by atoms with Crippen LogP contribution in [0.5, 0.6) is 0 Å². The maximum Gasteiger partial charge on any atom is 0.0636 e. The molecule has 0 fully saturated rings. The summed E-state index contributed by atoms with van der Waals surface area (Å²) in [7, 11) is 1.89. The van der Waals surface area contributed by atoms with E-state index in [4.69, 9.17) is 5.11 Å². The molecule has 68 valence electrons. The Kier molecular flexibility index (Phi) is 3.25. The van der Waals surface area contributed by atoms with E-state index in [-0.39, 0.29) is 6.10 Å². The van der Waals surface area contributed by atoms with E-state index >= 15 is 0 Å². The number of aliphatic hydroxyl groups is 1. The van der Waals surface area contributed by atoms with E-state index in [0.717, 1.165) is 12.1 Å². The van der Waals surface area contributed by atoms with Crippen molar-refractivity contribution in [1.29, 1.82) is 0 Å². The summed E-state index contributed by atoms with van der Waals surface area (Å²) in [5.74, 6) is 0. The van der Waals surface area contributed by atoms with Crippen molar-refractivity contribution >= 4 is 0 Å². The Bertz CT molecular complexity index is 232. The Labute approximate surface area is 72.2 Å². The Hall–Kier alpha value is -0.870. The van der Waals surface area contributed by atoms with E-state index < -0.39 is 0 Å². The summed E-state index contributed by atoms with van der Waals surface area (Å²) in [6.07, 6.45) is 3.48. The minimum Gasteiger partial charge on any atom is -0.392 e. The first-order chi connectivity index (χ1) is 5.68. The van der Waals surface area contributed by atoms with E-state index in [2.05, 4.69) is 10.4 Å². The highest BCUT2D eigenvalue weighted by atomic mass is 16.3. The molecule has 0 aliphatic carbocycles. The van der Waals surface area contributed by atoms with Gasteiger partial charge in [0.25, 0.3) is 0 Å². The monoisotopic (exact) mass is 169 g/mol. The number of nitrogens with one attached hydrogen (secondary N) is 1. The zero-order valence-corrected chi connectivity index (χ0v) is 7.49. The lowest BCUT2D eigenvalue weighted by Crippen LogP contribution is -2.23. The second-order valence-corrected chi connectivity index (χ2v) is 3.00. The lowest BCUT2D eigenvalue weighted by Gasteiger charge is -2.04. The Balaban J connectivity index is 2.24. The predicted molar refractivity (Wildman–Crippen MR) is 46.6 cm³/mol. The van der Waals surface area contributed by atoms with Gasteiger partial charge in [-0.25, -0.2) is 0 Å². The number of nitrogens with zero attached hydrogens (tertiary/aromatic N) is 2. The Morgan fingerprint density at radius 3 is 3.00 bits per heavy atom. The predicted octanol–water partition coefficient (Wildman–Crippen LogP) is -0.110. The highest BCUT2D eigenvalue weighted by Gasteiger charge is 1.97. The molecule has 1 atom stereocenters. The van der Waals surface area contributed by atoms with E-state index in [9.17, 15) is 0 Å². The van der Waals surface area contributed by atoms with Crippen molar-refractivity contribution in [3.63, 3.8) is 0 Å². The molecular weight excluding hydrogens is 154 g/mol. The number of aryl methyl sites for hydroxylation is 1. The van der Waals surface area contributed by atoms with Crippen molar-refractivity contribution in [3.8, 4) is 0 Å². The van der Waals surface area contributed by atoms with Crippen LogP contribution in [-0.4, -0.2) is 27.5 Å². The molecule has 0 aliphatic heterocycles. The van der Waals surface area contributed by atoms with Crippen molar-refractivity contribution in [2.75, 3.05) is 6.54 Å². The van der Waals surface area contributed by atoms with Gasteiger partial charge in [0.1, 0.15) is 0 Å². The van der Waals surface area contributed by atoms with Gasteiger partial charge < -0.3 is 10.4 Å². The highest BCUT2D eigenvalue weighted by Crippen LogP contribution is 1.94. The lowest BCUT2D eigenvalue weighted by atomic mass is 10.3. The van der Waals surface area contributed by atoms with Crippen LogP contribution in [0.15, 0.2) is 12.4 Å². The van der Waals surface area contributed by atoms with Crippen LogP contribution in [0.25, 0.3) is 0 Å². The zero-order chi connectivity index (χ0) is 8.97. The standard InChI is InChI=1S/C8H15N3O/c1-7(12)3-9-4-8-5-10-11(2)6-8/h5-7,9,12H,3-4H2,1-2H3. The molecule has 4 nitrogen and oxygen atoms in total. The topological polar surface area (TPSA) is 50.1 Å². The molecule has 1 heterocycles. The molecule has 1 aromatic rings. The molecule has 4 heteroatoms. The van der Waals surface area contributed by atoms with Crippen LogP contribution < -0.4 is 5.32 Å². The lowest BCUT2D eigenvalue weighted by molar-refractivity contribution is 0.191. The van der Waals surface area contributed by atoms with E-state index in [1.807, 2.05) is 19.4 Å². The molecule has 0 bridgehead atoms. The van der Waals surface area contributed by atoms with Gasteiger partial charge in [0.2, 0.25) is 0 Å². The molecule has 1 rings (SSSR count). The number of rotatable bonds is 4. The van der Waals surface area contributed by atoms with E-state index in [1.54, 1.807) is 11.6 Å². The summed E-state index contributed by atoms with van der Waals surface area (Å²) >= 11 is 0. The first-order valence-electron chi connectivity index (χ1n) is 4.05. The fourth-order valence-electron chi connectivity index (χ4n) is 0.989. The minimum atomic E-state index is -0.290. The van der Waals surface area contributed by atoms with Crippen molar-refractivity contribution in [2.45, 2.75) is 19.6 Å². The zero-order valence-electron chi connectivity index (χ0n) is 7.49. The first kappa shape index (κ1) is 9.22. The molecular formula is C8H15N3O. The summed E-state index contributed by atoms with van der Waals surface area (Å²) in [5, 5.41) is 16.1. The van der Waals surface area contributed by atoms with Gasteiger partial charge in [0, 0.05) is 31.9 Å². The van der Waals surface area contributed by atoms with Gasteiger partial charge in [-0.1, -0.05) is 0 Å². The smallest absolute Gasteiger partial charge is 0.0636 e. The molecule has 0 spiro atoms. The quantitative estimate of drug-likeness (QED) is 0.661. The molecule has 2 N–H and O–H groups in total. The van der Waals surface area contributed by atoms with Crippen LogP contribution >= 0.6 is 0 Å². The molecule has 12 heavy (non-hydrogen) atoms. The van der Waals surface area contributed by atoms with Crippen molar-refractivity contribution in [1.82, 2.24) is 15.1 Å². The molecule has 0 aromatic carbocycles. The summed E-state index contributed by atoms with van der Waals surface area (Å²) < 4.78 is 1.76. The van der Waals surface area contributed by atoms with Crippen LogP contribution in [0.1, 0.15) is 12.5 Å². The fourth-order valence-corrected chi connectivity index (χ4v) is 0.989. The van der Waals surface area contributed by atoms with Gasteiger partial charge in [-0.15, -0.1) is 0 Å². The maximum atomic E-state index is 8.95. The number of hydrogen-bond acceptors (Lipinski definition) is 3. The molecule has 0 saturated carbocycles. The third-order valence-electron chi connectivity index (χ3n) is 1.53. The normalized spacial score (nSPS) is 13.2. The van der Waals surface area contributed by atoms with Gasteiger partial charge >= 0.3 is 0 Å². The first-order valence-corrected chi connectivity index (χ1v) is 4.05. The van der Waals surface area contributed by atoms with Gasteiger partial charge in [-0.05, 0) is 6.92 Å². The van der Waals surface area contributed by atoms with Crippen LogP contribution in [0, 0.1) is 0 Å². The minimum absolute atomic E-state index is 0.290. The van der Waals surface area contributed by atoms with Crippen molar-refractivity contribution in [3.05, 3.63) is 18.0 Å². The van der Waals surface area contributed by atoms with E-state index in [0.29, 0.717) is 6.54 Å². The Morgan fingerprint density at radius 1 is 1.75 bits per heavy atom. The van der Waals surface area contributed by atoms with Gasteiger partial charge in [0.05, 0.1) is 12.3 Å². The van der Waals surface area contributed by atoms with Gasteiger partial charge in [0.15, 0.2) is 0 Å².